The smallest absolute Gasteiger partial charge is 0.221 e. The minimum absolute atomic E-state index is 0.0561. The second-order valence-electron chi connectivity index (χ2n) is 11.7. The van der Waals surface area contributed by atoms with E-state index in [0.717, 1.165) is 61.3 Å². The fourth-order valence-corrected chi connectivity index (χ4v) is 6.72. The van der Waals surface area contributed by atoms with E-state index in [9.17, 15) is 4.79 Å². The predicted molar refractivity (Wildman–Crippen MR) is 170 cm³/mol. The third-order valence-electron chi connectivity index (χ3n) is 9.01. The Kier molecular flexibility index (Phi) is 7.51. The molecule has 0 aliphatic carbocycles. The number of hydrogen-bond donors (Lipinski definition) is 3. The lowest BCUT2D eigenvalue weighted by Gasteiger charge is -2.37. The Morgan fingerprint density at radius 2 is 1.53 bits per heavy atom. The van der Waals surface area contributed by atoms with Crippen molar-refractivity contribution in [1.82, 2.24) is 29.6 Å². The molecule has 2 atom stereocenters. The number of piperidine rings is 1. The summed E-state index contributed by atoms with van der Waals surface area (Å²) in [7, 11) is 0. The number of amides is 1. The highest BCUT2D eigenvalue weighted by molar-refractivity contribution is 5.83. The highest BCUT2D eigenvalue weighted by Crippen LogP contribution is 2.32. The van der Waals surface area contributed by atoms with Gasteiger partial charge in [-0.2, -0.15) is 0 Å². The van der Waals surface area contributed by atoms with Crippen molar-refractivity contribution in [2.45, 2.75) is 44.7 Å². The number of nitrogens with two attached hydrogens (primary N) is 1. The van der Waals surface area contributed by atoms with Gasteiger partial charge in [-0.3, -0.25) is 9.69 Å². The molecule has 1 aliphatic rings. The number of H-pyrrole nitrogens is 2. The molecule has 0 radical (unpaired) electrons. The Morgan fingerprint density at radius 1 is 0.860 bits per heavy atom. The number of primary amides is 1. The molecule has 4 heterocycles. The summed E-state index contributed by atoms with van der Waals surface area (Å²) in [6.45, 7) is 2.20. The Bertz CT molecular complexity index is 1850. The average Bonchev–Trinajstić information content (AvgIpc) is 3.76. The van der Waals surface area contributed by atoms with Crippen LogP contribution in [0.2, 0.25) is 0 Å². The summed E-state index contributed by atoms with van der Waals surface area (Å²) in [4.78, 5) is 21.6. The van der Waals surface area contributed by atoms with Crippen LogP contribution in [0.25, 0.3) is 21.8 Å². The van der Waals surface area contributed by atoms with E-state index in [-0.39, 0.29) is 17.9 Å². The first-order chi connectivity index (χ1) is 21.1. The molecule has 1 saturated heterocycles. The van der Waals surface area contributed by atoms with Crippen LogP contribution >= 0.6 is 0 Å². The number of aromatic amines is 2. The second kappa shape index (κ2) is 11.9. The quantitative estimate of drug-likeness (QED) is 0.200. The summed E-state index contributed by atoms with van der Waals surface area (Å²) in [6, 6.07) is 27.3. The Morgan fingerprint density at radius 3 is 2.28 bits per heavy atom. The maximum absolute atomic E-state index is 12.3. The molecule has 1 aliphatic heterocycles. The van der Waals surface area contributed by atoms with Gasteiger partial charge in [-0.15, -0.1) is 10.2 Å². The molecule has 0 saturated carbocycles. The molecule has 43 heavy (non-hydrogen) atoms. The number of fused-ring (bicyclic) bond motifs is 2. The van der Waals surface area contributed by atoms with Gasteiger partial charge in [0, 0.05) is 47.2 Å². The SMILES string of the molecule is NC(=O)C1CCCN([C@H](Cc2c[nH]c3ccccc23)c2nnc(CCc3c[nH]c4ccccc34)n2Cc2ccccc2)C1. The van der Waals surface area contributed by atoms with E-state index in [1.165, 1.54) is 27.5 Å². The Balaban J connectivity index is 1.28. The van der Waals surface area contributed by atoms with Crippen molar-refractivity contribution in [1.29, 1.82) is 0 Å². The van der Waals surface area contributed by atoms with E-state index in [1.807, 2.05) is 6.07 Å². The highest BCUT2D eigenvalue weighted by atomic mass is 16.1. The van der Waals surface area contributed by atoms with Crippen molar-refractivity contribution in [2.75, 3.05) is 13.1 Å². The molecule has 6 aromatic rings. The normalized spacial score (nSPS) is 16.6. The first kappa shape index (κ1) is 27.2. The van der Waals surface area contributed by atoms with Crippen molar-refractivity contribution in [2.24, 2.45) is 11.7 Å². The minimum atomic E-state index is -0.222. The summed E-state index contributed by atoms with van der Waals surface area (Å²) in [5, 5.41) is 12.2. The van der Waals surface area contributed by atoms with E-state index in [1.54, 1.807) is 0 Å². The number of carbonyl (C=O) groups is 1. The van der Waals surface area contributed by atoms with E-state index in [4.69, 9.17) is 15.9 Å². The van der Waals surface area contributed by atoms with E-state index in [2.05, 4.69) is 105 Å². The molecule has 4 N–H and O–H groups in total. The van der Waals surface area contributed by atoms with Crippen LogP contribution in [0.3, 0.4) is 0 Å². The second-order valence-corrected chi connectivity index (χ2v) is 11.7. The van der Waals surface area contributed by atoms with Gasteiger partial charge >= 0.3 is 0 Å². The lowest BCUT2D eigenvalue weighted by Crippen LogP contribution is -2.44. The molecule has 218 valence electrons. The largest absolute Gasteiger partial charge is 0.369 e. The van der Waals surface area contributed by atoms with Crippen molar-refractivity contribution in [3.8, 4) is 0 Å². The van der Waals surface area contributed by atoms with Gasteiger partial charge in [-0.25, -0.2) is 0 Å². The van der Waals surface area contributed by atoms with Gasteiger partial charge in [-0.05, 0) is 61.1 Å². The third-order valence-corrected chi connectivity index (χ3v) is 9.01. The molecular weight excluding hydrogens is 534 g/mol. The van der Waals surface area contributed by atoms with E-state index < -0.39 is 0 Å². The van der Waals surface area contributed by atoms with Crippen LogP contribution < -0.4 is 5.73 Å². The maximum atomic E-state index is 12.3. The third kappa shape index (κ3) is 5.58. The summed E-state index contributed by atoms with van der Waals surface area (Å²) in [6.07, 6.45) is 8.37. The molecule has 1 fully saturated rings. The number of hydrogen-bond acceptors (Lipinski definition) is 4. The molecular formula is C35H37N7O. The minimum Gasteiger partial charge on any atom is -0.369 e. The van der Waals surface area contributed by atoms with Gasteiger partial charge in [0.1, 0.15) is 5.82 Å². The molecule has 7 rings (SSSR count). The van der Waals surface area contributed by atoms with Crippen LogP contribution in [0.4, 0.5) is 0 Å². The van der Waals surface area contributed by atoms with Crippen molar-refractivity contribution >= 4 is 27.7 Å². The first-order valence-electron chi connectivity index (χ1n) is 15.2. The number of para-hydroxylation sites is 2. The lowest BCUT2D eigenvalue weighted by atomic mass is 9.94. The summed E-state index contributed by atoms with van der Waals surface area (Å²) >= 11 is 0. The number of benzene rings is 3. The molecule has 3 aromatic carbocycles. The molecule has 1 amide bonds. The molecule has 8 heteroatoms. The van der Waals surface area contributed by atoms with Gasteiger partial charge < -0.3 is 20.3 Å². The first-order valence-corrected chi connectivity index (χ1v) is 15.2. The number of rotatable bonds is 10. The fraction of sp³-hybridized carbons (Fsp3) is 0.286. The van der Waals surface area contributed by atoms with E-state index >= 15 is 0 Å². The van der Waals surface area contributed by atoms with Crippen molar-refractivity contribution in [3.05, 3.63) is 120 Å². The number of nitrogens with zero attached hydrogens (tertiary/aromatic N) is 4. The number of carbonyl (C=O) groups excluding carboxylic acids is 1. The van der Waals surface area contributed by atoms with Crippen molar-refractivity contribution in [3.63, 3.8) is 0 Å². The monoisotopic (exact) mass is 571 g/mol. The lowest BCUT2D eigenvalue weighted by molar-refractivity contribution is -0.123. The van der Waals surface area contributed by atoms with Crippen LogP contribution in [0, 0.1) is 5.92 Å². The van der Waals surface area contributed by atoms with Crippen LogP contribution in [0.1, 0.15) is 47.2 Å². The molecule has 3 aromatic heterocycles. The molecule has 1 unspecified atom stereocenters. The zero-order valence-corrected chi connectivity index (χ0v) is 24.2. The Hall–Kier alpha value is -4.69. The van der Waals surface area contributed by atoms with E-state index in [0.29, 0.717) is 13.1 Å². The van der Waals surface area contributed by atoms with Gasteiger partial charge in [0.2, 0.25) is 5.91 Å². The summed E-state index contributed by atoms with van der Waals surface area (Å²) in [5.41, 5.74) is 11.8. The summed E-state index contributed by atoms with van der Waals surface area (Å²) in [5.74, 6) is 1.52. The van der Waals surface area contributed by atoms with Crippen LogP contribution in [-0.2, 0) is 30.6 Å². The maximum Gasteiger partial charge on any atom is 0.221 e. The van der Waals surface area contributed by atoms with Crippen LogP contribution in [0.5, 0.6) is 0 Å². The van der Waals surface area contributed by atoms with Crippen molar-refractivity contribution < 1.29 is 4.79 Å². The fourth-order valence-electron chi connectivity index (χ4n) is 6.72. The molecule has 0 bridgehead atoms. The predicted octanol–water partition coefficient (Wildman–Crippen LogP) is 5.56. The number of aromatic nitrogens is 5. The number of nitrogens with one attached hydrogen (secondary N) is 2. The van der Waals surface area contributed by atoms with Gasteiger partial charge in [0.15, 0.2) is 5.82 Å². The van der Waals surface area contributed by atoms with Gasteiger partial charge in [0.25, 0.3) is 0 Å². The zero-order valence-electron chi connectivity index (χ0n) is 24.2. The molecule has 0 spiro atoms. The van der Waals surface area contributed by atoms with Crippen LogP contribution in [0.15, 0.2) is 91.3 Å². The van der Waals surface area contributed by atoms with Gasteiger partial charge in [0.05, 0.1) is 18.5 Å². The Labute approximate surface area is 250 Å². The topological polar surface area (TPSA) is 109 Å². The number of aryl methyl sites for hydroxylation is 2. The number of likely N-dealkylation sites (tertiary alicyclic amines) is 1. The highest BCUT2D eigenvalue weighted by Gasteiger charge is 2.33. The van der Waals surface area contributed by atoms with Crippen LogP contribution in [-0.4, -0.2) is 48.6 Å². The average molecular weight is 572 g/mol. The zero-order chi connectivity index (χ0) is 29.2. The van der Waals surface area contributed by atoms with Gasteiger partial charge in [-0.1, -0.05) is 66.7 Å². The molecule has 8 nitrogen and oxygen atoms in total. The standard InChI is InChI=1S/C35H37N7O/c36-34(43)26-11-8-18-41(23-26)32(19-27-21-38-31-15-7-5-13-29(27)31)35-40-39-33(42(35)22-24-9-2-1-3-10-24)17-16-25-20-37-30-14-6-4-12-28(25)30/h1-7,9-10,12-15,20-21,26,32,37-38H,8,11,16-19,22-23H2,(H2,36,43)/t26?,32-/m1/s1. The summed E-state index contributed by atoms with van der Waals surface area (Å²) < 4.78 is 2.32.